The van der Waals surface area contributed by atoms with E-state index in [1.807, 2.05) is 30.1 Å². The third-order valence-corrected chi connectivity index (χ3v) is 4.67. The van der Waals surface area contributed by atoms with E-state index in [9.17, 15) is 5.11 Å². The van der Waals surface area contributed by atoms with Gasteiger partial charge in [0, 0.05) is 36.7 Å². The minimum Gasteiger partial charge on any atom is -0.508 e. The third kappa shape index (κ3) is 2.88. The lowest BCUT2D eigenvalue weighted by molar-refractivity contribution is 0.325. The van der Waals surface area contributed by atoms with E-state index in [0.717, 1.165) is 29.7 Å². The van der Waals surface area contributed by atoms with Crippen LogP contribution in [0.4, 0.5) is 0 Å². The van der Waals surface area contributed by atoms with Crippen LogP contribution in [0.2, 0.25) is 0 Å². The lowest BCUT2D eigenvalue weighted by atomic mass is 10.0. The summed E-state index contributed by atoms with van der Waals surface area (Å²) in [4.78, 5) is 2.43. The maximum Gasteiger partial charge on any atom is 0.115 e. The fraction of sp³-hybridized carbons (Fsp3) is 0.400. The lowest BCUT2D eigenvalue weighted by Crippen LogP contribution is -2.19. The van der Waals surface area contributed by atoms with Crippen molar-refractivity contribution >= 4 is 15.9 Å². The molecule has 1 saturated heterocycles. The van der Waals surface area contributed by atoms with Crippen LogP contribution in [0.1, 0.15) is 23.5 Å². The van der Waals surface area contributed by atoms with Crippen molar-refractivity contribution in [1.29, 1.82) is 0 Å². The van der Waals surface area contributed by atoms with Crippen LogP contribution < -0.4 is 0 Å². The fourth-order valence-corrected chi connectivity index (χ4v) is 3.19. The van der Waals surface area contributed by atoms with E-state index in [0.29, 0.717) is 11.7 Å². The molecule has 0 amide bonds. The highest BCUT2D eigenvalue weighted by atomic mass is 79.9. The van der Waals surface area contributed by atoms with Crippen LogP contribution >= 0.6 is 15.9 Å². The number of likely N-dealkylation sites (tertiary alicyclic amines) is 1. The molecule has 2 heterocycles. The van der Waals surface area contributed by atoms with Gasteiger partial charge in [-0.15, -0.1) is 0 Å². The van der Waals surface area contributed by atoms with Gasteiger partial charge in [0.15, 0.2) is 0 Å². The molecule has 1 N–H and O–H groups in total. The minimum atomic E-state index is 0.325. The summed E-state index contributed by atoms with van der Waals surface area (Å²) in [6.07, 6.45) is 5.25. The molecule has 0 spiro atoms. The maximum absolute atomic E-state index is 9.59. The van der Waals surface area contributed by atoms with Gasteiger partial charge in [-0.25, -0.2) is 0 Å². The molecule has 0 bridgehead atoms. The molecule has 1 aliphatic heterocycles. The number of aromatic nitrogens is 2. The second kappa shape index (κ2) is 5.58. The van der Waals surface area contributed by atoms with E-state index in [4.69, 9.17) is 0 Å². The Bertz CT molecular complexity index is 611. The van der Waals surface area contributed by atoms with E-state index in [1.54, 1.807) is 6.07 Å². The molecule has 3 rings (SSSR count). The molecule has 4 nitrogen and oxygen atoms in total. The monoisotopic (exact) mass is 335 g/mol. The maximum atomic E-state index is 9.59. The van der Waals surface area contributed by atoms with Crippen LogP contribution in [0.5, 0.6) is 5.75 Å². The Morgan fingerprint density at radius 2 is 2.30 bits per heavy atom. The number of phenols is 1. The van der Waals surface area contributed by atoms with E-state index in [-0.39, 0.29) is 0 Å². The summed E-state index contributed by atoms with van der Waals surface area (Å²) in [6.45, 7) is 3.00. The van der Waals surface area contributed by atoms with Crippen molar-refractivity contribution in [1.82, 2.24) is 14.7 Å². The Morgan fingerprint density at radius 3 is 3.05 bits per heavy atom. The summed E-state index contributed by atoms with van der Waals surface area (Å²) >= 11 is 3.55. The van der Waals surface area contributed by atoms with Gasteiger partial charge in [0.2, 0.25) is 0 Å². The molecule has 0 unspecified atom stereocenters. The highest BCUT2D eigenvalue weighted by Gasteiger charge is 2.25. The van der Waals surface area contributed by atoms with Gasteiger partial charge < -0.3 is 5.11 Å². The van der Waals surface area contributed by atoms with Crippen LogP contribution in [-0.2, 0) is 13.6 Å². The van der Waals surface area contributed by atoms with Gasteiger partial charge in [-0.3, -0.25) is 9.58 Å². The molecule has 1 aliphatic rings. The first-order chi connectivity index (χ1) is 9.61. The number of hydrogen-bond acceptors (Lipinski definition) is 3. The van der Waals surface area contributed by atoms with Gasteiger partial charge in [0.1, 0.15) is 5.75 Å². The van der Waals surface area contributed by atoms with Crippen molar-refractivity contribution in [3.8, 4) is 5.75 Å². The van der Waals surface area contributed by atoms with E-state index in [2.05, 4.69) is 32.1 Å². The summed E-state index contributed by atoms with van der Waals surface area (Å²) in [7, 11) is 1.96. The first-order valence-electron chi connectivity index (χ1n) is 6.80. The van der Waals surface area contributed by atoms with Crippen molar-refractivity contribution in [2.24, 2.45) is 7.05 Å². The van der Waals surface area contributed by atoms with Crippen molar-refractivity contribution in [2.45, 2.75) is 18.9 Å². The number of benzene rings is 1. The topological polar surface area (TPSA) is 41.3 Å². The van der Waals surface area contributed by atoms with E-state index in [1.165, 1.54) is 12.0 Å². The quantitative estimate of drug-likeness (QED) is 0.937. The fourth-order valence-electron chi connectivity index (χ4n) is 2.82. The first kappa shape index (κ1) is 13.6. The second-order valence-corrected chi connectivity index (χ2v) is 6.30. The Morgan fingerprint density at radius 1 is 1.45 bits per heavy atom. The predicted octanol–water partition coefficient (Wildman–Crippen LogP) is 2.88. The normalized spacial score (nSPS) is 19.6. The predicted molar refractivity (Wildman–Crippen MR) is 81.6 cm³/mol. The van der Waals surface area contributed by atoms with Crippen molar-refractivity contribution in [2.75, 3.05) is 13.1 Å². The summed E-state index contributed by atoms with van der Waals surface area (Å²) < 4.78 is 2.92. The molecule has 1 atom stereocenters. The molecule has 106 valence electrons. The Kier molecular flexibility index (Phi) is 3.81. The van der Waals surface area contributed by atoms with Gasteiger partial charge in [0.05, 0.1) is 6.20 Å². The largest absolute Gasteiger partial charge is 0.508 e. The summed E-state index contributed by atoms with van der Waals surface area (Å²) in [5.41, 5.74) is 2.46. The summed E-state index contributed by atoms with van der Waals surface area (Å²) in [5.74, 6) is 0.894. The second-order valence-electron chi connectivity index (χ2n) is 5.44. The average Bonchev–Trinajstić information content (AvgIpc) is 3.03. The van der Waals surface area contributed by atoms with Gasteiger partial charge in [-0.2, -0.15) is 5.10 Å². The van der Waals surface area contributed by atoms with Crippen molar-refractivity contribution in [3.63, 3.8) is 0 Å². The van der Waals surface area contributed by atoms with E-state index >= 15 is 0 Å². The zero-order valence-electron chi connectivity index (χ0n) is 11.5. The van der Waals surface area contributed by atoms with Crippen LogP contribution in [-0.4, -0.2) is 32.9 Å². The standard InChI is InChI=1S/C15H18BrN3O/c1-18-8-13(7-17-18)11-4-5-19(9-11)10-12-6-14(20)2-3-15(12)16/h2-3,6-8,11,20H,4-5,9-10H2,1H3/t11-/m0/s1. The summed E-state index contributed by atoms with van der Waals surface area (Å²) in [5, 5.41) is 13.8. The number of nitrogens with zero attached hydrogens (tertiary/aromatic N) is 3. The van der Waals surface area contributed by atoms with Gasteiger partial charge in [-0.05, 0) is 42.3 Å². The van der Waals surface area contributed by atoms with Crippen molar-refractivity contribution < 1.29 is 5.11 Å². The number of aromatic hydroxyl groups is 1. The SMILES string of the molecule is Cn1cc([C@H]2CCN(Cc3cc(O)ccc3Br)C2)cn1. The number of halogens is 1. The number of hydrogen-bond donors (Lipinski definition) is 1. The van der Waals surface area contributed by atoms with Crippen LogP contribution in [0.25, 0.3) is 0 Å². The Labute approximate surface area is 127 Å². The molecular weight excluding hydrogens is 318 g/mol. The van der Waals surface area contributed by atoms with Gasteiger partial charge >= 0.3 is 0 Å². The number of aryl methyl sites for hydroxylation is 1. The van der Waals surface area contributed by atoms with Gasteiger partial charge in [-0.1, -0.05) is 15.9 Å². The summed E-state index contributed by atoms with van der Waals surface area (Å²) in [6, 6.07) is 5.44. The molecule has 5 heteroatoms. The number of rotatable bonds is 3. The van der Waals surface area contributed by atoms with Crippen molar-refractivity contribution in [3.05, 3.63) is 46.2 Å². The zero-order chi connectivity index (χ0) is 14.1. The Hall–Kier alpha value is -1.33. The molecule has 0 aliphatic carbocycles. The zero-order valence-corrected chi connectivity index (χ0v) is 13.0. The smallest absolute Gasteiger partial charge is 0.115 e. The highest BCUT2D eigenvalue weighted by Crippen LogP contribution is 2.30. The molecular formula is C15H18BrN3O. The van der Waals surface area contributed by atoms with Gasteiger partial charge in [0.25, 0.3) is 0 Å². The molecule has 2 aromatic rings. The number of phenolic OH excluding ortho intramolecular Hbond substituents is 1. The average molecular weight is 336 g/mol. The van der Waals surface area contributed by atoms with Crippen LogP contribution in [0.3, 0.4) is 0 Å². The van der Waals surface area contributed by atoms with Crippen LogP contribution in [0, 0.1) is 0 Å². The lowest BCUT2D eigenvalue weighted by Gasteiger charge is -2.17. The molecule has 0 radical (unpaired) electrons. The van der Waals surface area contributed by atoms with E-state index < -0.39 is 0 Å². The third-order valence-electron chi connectivity index (χ3n) is 3.89. The van der Waals surface area contributed by atoms with Crippen LogP contribution in [0.15, 0.2) is 35.1 Å². The Balaban J connectivity index is 1.67. The molecule has 1 fully saturated rings. The molecule has 20 heavy (non-hydrogen) atoms. The molecule has 1 aromatic carbocycles. The first-order valence-corrected chi connectivity index (χ1v) is 7.59. The molecule has 1 aromatic heterocycles. The highest BCUT2D eigenvalue weighted by molar-refractivity contribution is 9.10. The molecule has 0 saturated carbocycles. The minimum absolute atomic E-state index is 0.325.